The summed E-state index contributed by atoms with van der Waals surface area (Å²) in [6.07, 6.45) is 3.35. The first kappa shape index (κ1) is 16.6. The first-order valence-corrected chi connectivity index (χ1v) is 9.14. The SMILES string of the molecule is Cn1ncc2c(N3CCN(C(=O)Cn4nnc5ccccc54)CC3)ncnc21. The number of carbonyl (C=O) groups excluding carboxylic acids is 1. The molecule has 142 valence electrons. The van der Waals surface area contributed by atoms with Crippen molar-refractivity contribution in [2.24, 2.45) is 7.05 Å². The molecule has 0 aliphatic carbocycles. The van der Waals surface area contributed by atoms with E-state index in [9.17, 15) is 4.79 Å². The Kier molecular flexibility index (Phi) is 3.89. The molecule has 1 saturated heterocycles. The molecule has 4 aromatic rings. The molecule has 28 heavy (non-hydrogen) atoms. The molecule has 0 atom stereocenters. The maximum atomic E-state index is 12.7. The maximum absolute atomic E-state index is 12.7. The Bertz CT molecular complexity index is 1160. The molecule has 0 bridgehead atoms. The highest BCUT2D eigenvalue weighted by Gasteiger charge is 2.24. The zero-order valence-electron chi connectivity index (χ0n) is 15.4. The van der Waals surface area contributed by atoms with E-state index in [-0.39, 0.29) is 12.5 Å². The molecule has 0 saturated carbocycles. The highest BCUT2D eigenvalue weighted by atomic mass is 16.2. The quantitative estimate of drug-likeness (QED) is 0.511. The zero-order valence-corrected chi connectivity index (χ0v) is 15.4. The average molecular weight is 377 g/mol. The van der Waals surface area contributed by atoms with Crippen molar-refractivity contribution < 1.29 is 4.79 Å². The zero-order chi connectivity index (χ0) is 19.1. The van der Waals surface area contributed by atoms with Crippen molar-refractivity contribution >= 4 is 33.8 Å². The lowest BCUT2D eigenvalue weighted by Gasteiger charge is -2.35. The number of benzene rings is 1. The van der Waals surface area contributed by atoms with Crippen LogP contribution >= 0.6 is 0 Å². The third kappa shape index (κ3) is 2.73. The van der Waals surface area contributed by atoms with Gasteiger partial charge in [0.05, 0.1) is 17.1 Å². The third-order valence-electron chi connectivity index (χ3n) is 5.15. The monoisotopic (exact) mass is 377 g/mol. The normalized spacial score (nSPS) is 14.9. The van der Waals surface area contributed by atoms with Crippen LogP contribution in [-0.2, 0) is 18.4 Å². The largest absolute Gasteiger partial charge is 0.352 e. The van der Waals surface area contributed by atoms with Crippen LogP contribution in [0.25, 0.3) is 22.1 Å². The number of carbonyl (C=O) groups is 1. The van der Waals surface area contributed by atoms with Crippen LogP contribution < -0.4 is 4.90 Å². The van der Waals surface area contributed by atoms with Crippen molar-refractivity contribution in [3.63, 3.8) is 0 Å². The van der Waals surface area contributed by atoms with Gasteiger partial charge in [-0.25, -0.2) is 14.6 Å². The van der Waals surface area contributed by atoms with Crippen molar-refractivity contribution in [2.45, 2.75) is 6.54 Å². The van der Waals surface area contributed by atoms with Gasteiger partial charge in [-0.3, -0.25) is 9.48 Å². The number of nitrogens with zero attached hydrogens (tertiary/aromatic N) is 9. The number of rotatable bonds is 3. The number of anilines is 1. The molecule has 1 aliphatic heterocycles. The number of amides is 1. The summed E-state index contributed by atoms with van der Waals surface area (Å²) in [5.41, 5.74) is 2.47. The second kappa shape index (κ2) is 6.55. The minimum absolute atomic E-state index is 0.0458. The third-order valence-corrected chi connectivity index (χ3v) is 5.15. The van der Waals surface area contributed by atoms with Gasteiger partial charge in [0.15, 0.2) is 5.65 Å². The van der Waals surface area contributed by atoms with E-state index in [4.69, 9.17) is 0 Å². The Balaban J connectivity index is 1.28. The number of aromatic nitrogens is 7. The summed E-state index contributed by atoms with van der Waals surface area (Å²) < 4.78 is 3.40. The predicted octanol–water partition coefficient (Wildman–Crippen LogP) is 0.457. The molecule has 3 aromatic heterocycles. The molecule has 1 aromatic carbocycles. The van der Waals surface area contributed by atoms with Gasteiger partial charge in [0.2, 0.25) is 5.91 Å². The van der Waals surface area contributed by atoms with Crippen LogP contribution in [0, 0.1) is 0 Å². The fourth-order valence-corrected chi connectivity index (χ4v) is 3.63. The minimum atomic E-state index is 0.0458. The Labute approximate surface area is 160 Å². The maximum Gasteiger partial charge on any atom is 0.244 e. The Morgan fingerprint density at radius 1 is 1.11 bits per heavy atom. The smallest absolute Gasteiger partial charge is 0.244 e. The highest BCUT2D eigenvalue weighted by Crippen LogP contribution is 2.23. The molecule has 5 rings (SSSR count). The van der Waals surface area contributed by atoms with Crippen molar-refractivity contribution in [3.05, 3.63) is 36.8 Å². The van der Waals surface area contributed by atoms with Crippen LogP contribution in [-0.4, -0.2) is 71.7 Å². The van der Waals surface area contributed by atoms with Crippen LogP contribution in [0.15, 0.2) is 36.8 Å². The van der Waals surface area contributed by atoms with Gasteiger partial charge < -0.3 is 9.80 Å². The van der Waals surface area contributed by atoms with Gasteiger partial charge in [0.1, 0.15) is 24.2 Å². The molecule has 4 heterocycles. The van der Waals surface area contributed by atoms with E-state index in [0.29, 0.717) is 26.2 Å². The van der Waals surface area contributed by atoms with Gasteiger partial charge in [-0.15, -0.1) is 5.10 Å². The number of para-hydroxylation sites is 1. The van der Waals surface area contributed by atoms with Gasteiger partial charge in [-0.2, -0.15) is 5.10 Å². The number of hydrogen-bond acceptors (Lipinski definition) is 7. The second-order valence-electron chi connectivity index (χ2n) is 6.81. The van der Waals surface area contributed by atoms with E-state index in [1.54, 1.807) is 21.9 Å². The Morgan fingerprint density at radius 2 is 1.93 bits per heavy atom. The standard InChI is InChI=1S/C18H19N9O/c1-24-17-13(10-21-24)18(20-12-19-17)26-8-6-25(7-9-26)16(28)11-27-15-5-3-2-4-14(15)22-23-27/h2-5,10,12H,6-9,11H2,1H3. The van der Waals surface area contributed by atoms with Crippen molar-refractivity contribution in [1.82, 2.24) is 39.6 Å². The van der Waals surface area contributed by atoms with Gasteiger partial charge in [-0.05, 0) is 12.1 Å². The van der Waals surface area contributed by atoms with Crippen LogP contribution in [0.1, 0.15) is 0 Å². The van der Waals surface area contributed by atoms with Gasteiger partial charge in [0.25, 0.3) is 0 Å². The van der Waals surface area contributed by atoms with E-state index < -0.39 is 0 Å². The molecule has 1 amide bonds. The van der Waals surface area contributed by atoms with Crippen LogP contribution in [0.5, 0.6) is 0 Å². The summed E-state index contributed by atoms with van der Waals surface area (Å²) >= 11 is 0. The molecule has 1 aliphatic rings. The van der Waals surface area contributed by atoms with Gasteiger partial charge in [0, 0.05) is 33.2 Å². The number of hydrogen-bond donors (Lipinski definition) is 0. The first-order valence-electron chi connectivity index (χ1n) is 9.14. The molecule has 0 unspecified atom stereocenters. The molecule has 0 radical (unpaired) electrons. The Morgan fingerprint density at radius 3 is 2.79 bits per heavy atom. The molecule has 10 nitrogen and oxygen atoms in total. The topological polar surface area (TPSA) is 97.9 Å². The number of piperazine rings is 1. The van der Waals surface area contributed by atoms with Crippen LogP contribution in [0.4, 0.5) is 5.82 Å². The number of fused-ring (bicyclic) bond motifs is 2. The first-order chi connectivity index (χ1) is 13.7. The molecule has 0 N–H and O–H groups in total. The van der Waals surface area contributed by atoms with Crippen LogP contribution in [0.2, 0.25) is 0 Å². The molecular weight excluding hydrogens is 358 g/mol. The van der Waals surface area contributed by atoms with E-state index in [1.807, 2.05) is 36.2 Å². The minimum Gasteiger partial charge on any atom is -0.352 e. The summed E-state index contributed by atoms with van der Waals surface area (Å²) in [4.78, 5) is 25.5. The molecular formula is C18H19N9O. The van der Waals surface area contributed by atoms with Gasteiger partial charge >= 0.3 is 0 Å². The van der Waals surface area contributed by atoms with E-state index in [1.165, 1.54) is 0 Å². The fourth-order valence-electron chi connectivity index (χ4n) is 3.63. The van der Waals surface area contributed by atoms with Gasteiger partial charge in [-0.1, -0.05) is 17.3 Å². The number of aryl methyl sites for hydroxylation is 1. The average Bonchev–Trinajstić information content (AvgIpc) is 3.32. The lowest BCUT2D eigenvalue weighted by atomic mass is 10.2. The summed E-state index contributed by atoms with van der Waals surface area (Å²) in [5.74, 6) is 0.914. The van der Waals surface area contributed by atoms with Crippen LogP contribution in [0.3, 0.4) is 0 Å². The highest BCUT2D eigenvalue weighted by molar-refractivity contribution is 5.87. The molecule has 1 fully saturated rings. The van der Waals surface area contributed by atoms with E-state index in [0.717, 1.165) is 27.9 Å². The summed E-state index contributed by atoms with van der Waals surface area (Å²) in [7, 11) is 1.86. The van der Waals surface area contributed by atoms with E-state index in [2.05, 4.69) is 30.3 Å². The van der Waals surface area contributed by atoms with Crippen molar-refractivity contribution in [1.29, 1.82) is 0 Å². The predicted molar refractivity (Wildman–Crippen MR) is 103 cm³/mol. The van der Waals surface area contributed by atoms with E-state index >= 15 is 0 Å². The Hall–Kier alpha value is -3.56. The fraction of sp³-hybridized carbons (Fsp3) is 0.333. The lowest BCUT2D eigenvalue weighted by molar-refractivity contribution is -0.132. The summed E-state index contributed by atoms with van der Waals surface area (Å²) in [5, 5.41) is 13.4. The molecule has 0 spiro atoms. The van der Waals surface area contributed by atoms with Crippen molar-refractivity contribution in [2.75, 3.05) is 31.1 Å². The lowest BCUT2D eigenvalue weighted by Crippen LogP contribution is -2.50. The van der Waals surface area contributed by atoms with Crippen molar-refractivity contribution in [3.8, 4) is 0 Å². The summed E-state index contributed by atoms with van der Waals surface area (Å²) in [6, 6.07) is 7.65. The summed E-state index contributed by atoms with van der Waals surface area (Å²) in [6.45, 7) is 2.89. The molecule has 10 heteroatoms. The second-order valence-corrected chi connectivity index (χ2v) is 6.81.